The van der Waals surface area contributed by atoms with E-state index in [1.54, 1.807) is 18.3 Å². The minimum absolute atomic E-state index is 0.0517. The molecule has 0 bridgehead atoms. The molecular weight excluding hydrogens is 344 g/mol. The third-order valence-electron chi connectivity index (χ3n) is 5.05. The molecule has 0 N–H and O–H groups in total. The van der Waals surface area contributed by atoms with Gasteiger partial charge in [-0.05, 0) is 57.7 Å². The summed E-state index contributed by atoms with van der Waals surface area (Å²) < 4.78 is 11.2. The number of hydrogen-bond acceptors (Lipinski definition) is 6. The van der Waals surface area contributed by atoms with Gasteiger partial charge in [0.1, 0.15) is 6.10 Å². The highest BCUT2D eigenvalue weighted by atomic mass is 16.5. The van der Waals surface area contributed by atoms with Gasteiger partial charge in [-0.1, -0.05) is 0 Å². The van der Waals surface area contributed by atoms with Gasteiger partial charge in [-0.3, -0.25) is 14.6 Å². The lowest BCUT2D eigenvalue weighted by atomic mass is 9.75. The molecule has 1 fully saturated rings. The van der Waals surface area contributed by atoms with E-state index >= 15 is 0 Å². The Balaban J connectivity index is 1.57. The maximum Gasteiger partial charge on any atom is 0.311 e. The molecule has 6 nitrogen and oxygen atoms in total. The topological polar surface area (TPSA) is 78.4 Å². The van der Waals surface area contributed by atoms with Crippen LogP contribution < -0.4 is 4.74 Å². The maximum absolute atomic E-state index is 12.1. The molecule has 0 radical (unpaired) electrons. The molecule has 1 aliphatic carbocycles. The largest absolute Gasteiger partial charge is 0.474 e. The number of ether oxygens (including phenoxy) is 2. The van der Waals surface area contributed by atoms with Crippen LogP contribution in [0.5, 0.6) is 5.88 Å². The van der Waals surface area contributed by atoms with Crippen LogP contribution >= 0.6 is 0 Å². The van der Waals surface area contributed by atoms with Crippen molar-refractivity contribution < 1.29 is 19.1 Å². The Morgan fingerprint density at radius 2 is 1.96 bits per heavy atom. The zero-order chi connectivity index (χ0) is 19.3. The van der Waals surface area contributed by atoms with Gasteiger partial charge in [0.25, 0.3) is 0 Å². The molecule has 1 aliphatic rings. The summed E-state index contributed by atoms with van der Waals surface area (Å²) >= 11 is 0. The van der Waals surface area contributed by atoms with Crippen molar-refractivity contribution in [3.8, 4) is 17.1 Å². The highest BCUT2D eigenvalue weighted by Gasteiger charge is 2.39. The van der Waals surface area contributed by atoms with Crippen LogP contribution in [-0.2, 0) is 9.53 Å². The number of esters is 1. The quantitative estimate of drug-likeness (QED) is 0.569. The Hall–Kier alpha value is -2.76. The van der Waals surface area contributed by atoms with Crippen LogP contribution in [0.25, 0.3) is 11.3 Å². The lowest BCUT2D eigenvalue weighted by Gasteiger charge is -2.34. The van der Waals surface area contributed by atoms with E-state index in [0.29, 0.717) is 18.1 Å². The van der Waals surface area contributed by atoms with Crippen LogP contribution in [0.15, 0.2) is 36.7 Å². The van der Waals surface area contributed by atoms with Gasteiger partial charge in [-0.15, -0.1) is 0 Å². The Bertz CT molecular complexity index is 779. The molecule has 1 saturated carbocycles. The summed E-state index contributed by atoms with van der Waals surface area (Å²) in [5, 5.41) is 0. The summed E-state index contributed by atoms with van der Waals surface area (Å²) in [5.74, 6) is 0.451. The highest BCUT2D eigenvalue weighted by Crippen LogP contribution is 2.38. The number of nitrogens with zero attached hydrogens (tertiary/aromatic N) is 2. The third kappa shape index (κ3) is 4.51. The summed E-state index contributed by atoms with van der Waals surface area (Å²) in [7, 11) is 0. The van der Waals surface area contributed by atoms with E-state index in [-0.39, 0.29) is 12.1 Å². The average molecular weight is 368 g/mol. The Kier molecular flexibility index (Phi) is 5.84. The van der Waals surface area contributed by atoms with E-state index in [2.05, 4.69) is 9.97 Å². The maximum atomic E-state index is 12.1. The van der Waals surface area contributed by atoms with Crippen molar-refractivity contribution in [3.63, 3.8) is 0 Å². The fourth-order valence-corrected chi connectivity index (χ4v) is 3.27. The molecule has 142 valence electrons. The Morgan fingerprint density at radius 1 is 1.19 bits per heavy atom. The Morgan fingerprint density at radius 3 is 2.52 bits per heavy atom. The number of hydrogen-bond donors (Lipinski definition) is 0. The van der Waals surface area contributed by atoms with E-state index in [1.165, 1.54) is 6.20 Å². The van der Waals surface area contributed by atoms with E-state index in [1.807, 2.05) is 26.0 Å². The number of carbonyl (C=O) groups is 2. The van der Waals surface area contributed by atoms with Crippen molar-refractivity contribution in [2.45, 2.75) is 45.6 Å². The van der Waals surface area contributed by atoms with Crippen molar-refractivity contribution in [1.82, 2.24) is 9.97 Å². The van der Waals surface area contributed by atoms with Gasteiger partial charge in [0.05, 0.1) is 17.7 Å². The smallest absolute Gasteiger partial charge is 0.311 e. The predicted molar refractivity (Wildman–Crippen MR) is 100 cm³/mol. The first-order valence-electron chi connectivity index (χ1n) is 9.25. The number of pyridine rings is 2. The summed E-state index contributed by atoms with van der Waals surface area (Å²) in [6.07, 6.45) is 7.17. The van der Waals surface area contributed by atoms with E-state index in [0.717, 1.165) is 43.2 Å². The number of carbonyl (C=O) groups excluding carboxylic acids is 2. The van der Waals surface area contributed by atoms with Gasteiger partial charge >= 0.3 is 5.97 Å². The van der Waals surface area contributed by atoms with E-state index in [9.17, 15) is 9.59 Å². The van der Waals surface area contributed by atoms with Crippen molar-refractivity contribution >= 4 is 12.3 Å². The predicted octanol–water partition coefficient (Wildman–Crippen LogP) is 3.85. The molecule has 0 aromatic carbocycles. The van der Waals surface area contributed by atoms with Crippen LogP contribution in [-0.4, -0.2) is 34.9 Å². The van der Waals surface area contributed by atoms with Crippen molar-refractivity contribution in [2.75, 3.05) is 6.61 Å². The highest BCUT2D eigenvalue weighted by molar-refractivity contribution is 5.76. The zero-order valence-corrected chi connectivity index (χ0v) is 15.7. The summed E-state index contributed by atoms with van der Waals surface area (Å²) in [6.45, 7) is 4.21. The second-order valence-electron chi connectivity index (χ2n) is 7.08. The van der Waals surface area contributed by atoms with Gasteiger partial charge < -0.3 is 9.47 Å². The normalized spacial score (nSPS) is 22.1. The molecule has 0 aliphatic heterocycles. The van der Waals surface area contributed by atoms with E-state index in [4.69, 9.17) is 9.47 Å². The molecule has 2 aromatic rings. The monoisotopic (exact) mass is 368 g/mol. The minimum atomic E-state index is -0.410. The zero-order valence-electron chi connectivity index (χ0n) is 15.7. The molecule has 0 atom stereocenters. The summed E-state index contributed by atoms with van der Waals surface area (Å²) in [4.78, 5) is 31.4. The molecule has 0 spiro atoms. The van der Waals surface area contributed by atoms with E-state index < -0.39 is 5.41 Å². The third-order valence-corrected chi connectivity index (χ3v) is 5.05. The second-order valence-corrected chi connectivity index (χ2v) is 7.08. The van der Waals surface area contributed by atoms with Crippen LogP contribution in [0, 0.1) is 5.41 Å². The molecule has 6 heteroatoms. The van der Waals surface area contributed by atoms with Gasteiger partial charge in [0.15, 0.2) is 6.29 Å². The van der Waals surface area contributed by atoms with Crippen molar-refractivity contribution in [2.24, 2.45) is 5.41 Å². The molecular formula is C21H24N2O4. The standard InChI is InChI=1S/C21H24N2O4/c1-3-26-20(25)21(2)10-8-17(9-11-21)27-19-7-5-16(13-23-19)18-6-4-15(14-24)12-22-18/h4-7,12-14,17H,3,8-11H2,1-2H3. The SMILES string of the molecule is CCOC(=O)C1(C)CCC(Oc2ccc(-c3ccc(C=O)cn3)cn2)CC1. The minimum Gasteiger partial charge on any atom is -0.474 e. The van der Waals surface area contributed by atoms with Crippen molar-refractivity contribution in [1.29, 1.82) is 0 Å². The van der Waals surface area contributed by atoms with Gasteiger partial charge in [0.2, 0.25) is 5.88 Å². The first-order chi connectivity index (χ1) is 13.0. The number of aromatic nitrogens is 2. The summed E-state index contributed by atoms with van der Waals surface area (Å²) in [6, 6.07) is 7.24. The lowest BCUT2D eigenvalue weighted by molar-refractivity contribution is -0.157. The molecule has 2 aromatic heterocycles. The second kappa shape index (κ2) is 8.29. The number of aldehydes is 1. The average Bonchev–Trinajstić information content (AvgIpc) is 2.71. The molecule has 0 amide bonds. The van der Waals surface area contributed by atoms with Gasteiger partial charge in [-0.2, -0.15) is 0 Å². The van der Waals surface area contributed by atoms with Gasteiger partial charge in [0, 0.05) is 29.6 Å². The first-order valence-corrected chi connectivity index (χ1v) is 9.25. The van der Waals surface area contributed by atoms with Gasteiger partial charge in [-0.25, -0.2) is 4.98 Å². The summed E-state index contributed by atoms with van der Waals surface area (Å²) in [5.41, 5.74) is 1.74. The molecule has 2 heterocycles. The molecule has 0 unspecified atom stereocenters. The molecule has 27 heavy (non-hydrogen) atoms. The lowest BCUT2D eigenvalue weighted by Crippen LogP contribution is -2.37. The first kappa shape index (κ1) is 19.0. The van der Waals surface area contributed by atoms with Crippen LogP contribution in [0.2, 0.25) is 0 Å². The molecule has 0 saturated heterocycles. The fourth-order valence-electron chi connectivity index (χ4n) is 3.27. The Labute approximate surface area is 158 Å². The number of rotatable bonds is 6. The van der Waals surface area contributed by atoms with Crippen LogP contribution in [0.3, 0.4) is 0 Å². The van der Waals surface area contributed by atoms with Crippen LogP contribution in [0.1, 0.15) is 49.9 Å². The van der Waals surface area contributed by atoms with Crippen molar-refractivity contribution in [3.05, 3.63) is 42.2 Å². The van der Waals surface area contributed by atoms with Crippen LogP contribution in [0.4, 0.5) is 0 Å². The molecule has 3 rings (SSSR count). The fraction of sp³-hybridized carbons (Fsp3) is 0.429.